The molecule has 1 aliphatic rings. The van der Waals surface area contributed by atoms with Crippen LogP contribution in [0, 0.1) is 5.82 Å². The molecule has 0 saturated heterocycles. The number of rotatable bonds is 3. The van der Waals surface area contributed by atoms with Crippen molar-refractivity contribution < 1.29 is 4.39 Å². The maximum Gasteiger partial charge on any atom is 0.123 e. The molecule has 20 heavy (non-hydrogen) atoms. The average Bonchev–Trinajstić information content (AvgIpc) is 2.99. The highest BCUT2D eigenvalue weighted by atomic mass is 19.1. The van der Waals surface area contributed by atoms with Gasteiger partial charge in [0, 0.05) is 11.5 Å². The molecule has 1 saturated carbocycles. The number of hydrogen-bond donors (Lipinski definition) is 1. The van der Waals surface area contributed by atoms with Gasteiger partial charge >= 0.3 is 0 Å². The van der Waals surface area contributed by atoms with Crippen LogP contribution in [0.1, 0.15) is 42.9 Å². The summed E-state index contributed by atoms with van der Waals surface area (Å²) in [4.78, 5) is 0. The largest absolute Gasteiger partial charge is 0.323 e. The fourth-order valence-electron chi connectivity index (χ4n) is 3.54. The fourth-order valence-corrected chi connectivity index (χ4v) is 3.54. The molecule has 0 spiro atoms. The molecule has 2 aromatic carbocycles. The molecule has 2 N–H and O–H groups in total. The summed E-state index contributed by atoms with van der Waals surface area (Å²) >= 11 is 0. The van der Waals surface area contributed by atoms with Crippen LogP contribution in [0.5, 0.6) is 0 Å². The van der Waals surface area contributed by atoms with Gasteiger partial charge in [0.1, 0.15) is 5.82 Å². The lowest BCUT2D eigenvalue weighted by molar-refractivity contribution is 0.356. The van der Waals surface area contributed by atoms with Crippen LogP contribution in [-0.2, 0) is 5.41 Å². The van der Waals surface area contributed by atoms with E-state index >= 15 is 0 Å². The Morgan fingerprint density at radius 1 is 0.900 bits per heavy atom. The molecular formula is C18H20FN. The Labute approximate surface area is 119 Å². The molecule has 0 aromatic heterocycles. The highest BCUT2D eigenvalue weighted by Crippen LogP contribution is 2.48. The molecule has 3 rings (SSSR count). The molecule has 1 aliphatic carbocycles. The first kappa shape index (κ1) is 13.3. The zero-order valence-electron chi connectivity index (χ0n) is 11.6. The monoisotopic (exact) mass is 269 g/mol. The second-order valence-electron chi connectivity index (χ2n) is 5.76. The van der Waals surface area contributed by atoms with E-state index in [0.717, 1.165) is 18.4 Å². The molecule has 1 fully saturated rings. The zero-order valence-corrected chi connectivity index (χ0v) is 11.6. The topological polar surface area (TPSA) is 26.0 Å². The van der Waals surface area contributed by atoms with E-state index in [1.54, 1.807) is 0 Å². The third-order valence-electron chi connectivity index (χ3n) is 4.67. The average molecular weight is 269 g/mol. The highest BCUT2D eigenvalue weighted by molar-refractivity contribution is 5.34. The van der Waals surface area contributed by atoms with E-state index in [-0.39, 0.29) is 17.3 Å². The Morgan fingerprint density at radius 2 is 1.50 bits per heavy atom. The Morgan fingerprint density at radius 3 is 2.10 bits per heavy atom. The van der Waals surface area contributed by atoms with Gasteiger partial charge in [-0.15, -0.1) is 0 Å². The number of hydrogen-bond acceptors (Lipinski definition) is 1. The molecule has 0 amide bonds. The lowest BCUT2D eigenvalue weighted by Crippen LogP contribution is -2.36. The van der Waals surface area contributed by atoms with Crippen molar-refractivity contribution in [2.24, 2.45) is 5.73 Å². The van der Waals surface area contributed by atoms with E-state index in [1.165, 1.54) is 30.5 Å². The summed E-state index contributed by atoms with van der Waals surface area (Å²) in [6.07, 6.45) is 4.64. The second kappa shape index (κ2) is 5.37. The molecule has 0 radical (unpaired) electrons. The SMILES string of the molecule is NC(c1ccc(F)cc1)C1(c2ccccc2)CCCC1. The molecule has 0 heterocycles. The molecule has 2 heteroatoms. The predicted octanol–water partition coefficient (Wildman–Crippen LogP) is 4.34. The standard InChI is InChI=1S/C18H20FN/c19-16-10-8-14(9-11-16)17(20)18(12-4-5-13-18)15-6-2-1-3-7-15/h1-3,6-11,17H,4-5,12-13,20H2. The van der Waals surface area contributed by atoms with E-state index < -0.39 is 0 Å². The third kappa shape index (κ3) is 2.25. The van der Waals surface area contributed by atoms with Crippen molar-refractivity contribution >= 4 is 0 Å². The summed E-state index contributed by atoms with van der Waals surface area (Å²) in [6, 6.07) is 17.1. The van der Waals surface area contributed by atoms with Gasteiger partial charge in [-0.3, -0.25) is 0 Å². The van der Waals surface area contributed by atoms with E-state index in [0.29, 0.717) is 0 Å². The summed E-state index contributed by atoms with van der Waals surface area (Å²) in [6.45, 7) is 0. The van der Waals surface area contributed by atoms with Crippen LogP contribution in [0.4, 0.5) is 4.39 Å². The summed E-state index contributed by atoms with van der Waals surface area (Å²) in [5.74, 6) is -0.207. The molecule has 104 valence electrons. The molecule has 0 bridgehead atoms. The van der Waals surface area contributed by atoms with Gasteiger partial charge in [-0.2, -0.15) is 0 Å². The highest BCUT2D eigenvalue weighted by Gasteiger charge is 2.41. The first-order chi connectivity index (χ1) is 9.72. The first-order valence-corrected chi connectivity index (χ1v) is 7.29. The Balaban J connectivity index is 2.00. The third-order valence-corrected chi connectivity index (χ3v) is 4.67. The van der Waals surface area contributed by atoms with Crippen LogP contribution in [0.2, 0.25) is 0 Å². The molecular weight excluding hydrogens is 249 g/mol. The van der Waals surface area contributed by atoms with E-state index in [4.69, 9.17) is 5.73 Å². The number of benzene rings is 2. The van der Waals surface area contributed by atoms with Gasteiger partial charge in [-0.05, 0) is 36.1 Å². The summed E-state index contributed by atoms with van der Waals surface area (Å²) < 4.78 is 13.1. The first-order valence-electron chi connectivity index (χ1n) is 7.29. The summed E-state index contributed by atoms with van der Waals surface area (Å²) in [5.41, 5.74) is 8.93. The normalized spacial score (nSPS) is 18.9. The minimum atomic E-state index is -0.207. The Kier molecular flexibility index (Phi) is 3.58. The fraction of sp³-hybridized carbons (Fsp3) is 0.333. The van der Waals surface area contributed by atoms with Gasteiger partial charge in [-0.25, -0.2) is 4.39 Å². The van der Waals surface area contributed by atoms with Crippen LogP contribution in [0.25, 0.3) is 0 Å². The van der Waals surface area contributed by atoms with Crippen LogP contribution >= 0.6 is 0 Å². The molecule has 2 aromatic rings. The predicted molar refractivity (Wildman–Crippen MR) is 79.9 cm³/mol. The number of nitrogens with two attached hydrogens (primary N) is 1. The van der Waals surface area contributed by atoms with Gasteiger partial charge in [0.2, 0.25) is 0 Å². The number of halogens is 1. The lowest BCUT2D eigenvalue weighted by Gasteiger charge is -2.36. The van der Waals surface area contributed by atoms with Crippen LogP contribution in [0.3, 0.4) is 0 Å². The smallest absolute Gasteiger partial charge is 0.123 e. The molecule has 1 unspecified atom stereocenters. The maximum absolute atomic E-state index is 13.1. The summed E-state index contributed by atoms with van der Waals surface area (Å²) in [7, 11) is 0. The van der Waals surface area contributed by atoms with Crippen molar-refractivity contribution in [3.8, 4) is 0 Å². The van der Waals surface area contributed by atoms with Crippen molar-refractivity contribution in [1.29, 1.82) is 0 Å². The van der Waals surface area contributed by atoms with Gasteiger partial charge in [0.15, 0.2) is 0 Å². The van der Waals surface area contributed by atoms with E-state index in [9.17, 15) is 4.39 Å². The van der Waals surface area contributed by atoms with Crippen LogP contribution in [0.15, 0.2) is 54.6 Å². The van der Waals surface area contributed by atoms with Crippen molar-refractivity contribution in [2.45, 2.75) is 37.1 Å². The molecule has 1 nitrogen and oxygen atoms in total. The van der Waals surface area contributed by atoms with Crippen molar-refractivity contribution in [3.63, 3.8) is 0 Å². The maximum atomic E-state index is 13.1. The van der Waals surface area contributed by atoms with Gasteiger partial charge in [0.25, 0.3) is 0 Å². The van der Waals surface area contributed by atoms with Crippen molar-refractivity contribution in [2.75, 3.05) is 0 Å². The molecule has 0 aliphatic heterocycles. The van der Waals surface area contributed by atoms with Crippen LogP contribution < -0.4 is 5.73 Å². The van der Waals surface area contributed by atoms with E-state index in [2.05, 4.69) is 24.3 Å². The minimum absolute atomic E-state index is 0.000903. The quantitative estimate of drug-likeness (QED) is 0.881. The van der Waals surface area contributed by atoms with Crippen molar-refractivity contribution in [3.05, 3.63) is 71.5 Å². The zero-order chi connectivity index (χ0) is 14.0. The van der Waals surface area contributed by atoms with Crippen LogP contribution in [-0.4, -0.2) is 0 Å². The van der Waals surface area contributed by atoms with Gasteiger partial charge < -0.3 is 5.73 Å². The summed E-state index contributed by atoms with van der Waals surface area (Å²) in [5, 5.41) is 0. The minimum Gasteiger partial charge on any atom is -0.323 e. The van der Waals surface area contributed by atoms with Gasteiger partial charge in [-0.1, -0.05) is 55.3 Å². The van der Waals surface area contributed by atoms with Gasteiger partial charge in [0.05, 0.1) is 0 Å². The lowest BCUT2D eigenvalue weighted by atomic mass is 9.71. The molecule has 1 atom stereocenters. The Hall–Kier alpha value is -1.67. The Bertz CT molecular complexity index is 556. The van der Waals surface area contributed by atoms with E-state index in [1.807, 2.05) is 18.2 Å². The van der Waals surface area contributed by atoms with Crippen molar-refractivity contribution in [1.82, 2.24) is 0 Å². The second-order valence-corrected chi connectivity index (χ2v) is 5.76.